The number of hydrazone groups is 1. The molecule has 1 atom stereocenters. The first-order valence-corrected chi connectivity index (χ1v) is 13.6. The van der Waals surface area contributed by atoms with Gasteiger partial charge in [0.15, 0.2) is 0 Å². The summed E-state index contributed by atoms with van der Waals surface area (Å²) < 4.78 is 55.0. The fraction of sp³-hybridized carbons (Fsp3) is 0.208. The summed E-state index contributed by atoms with van der Waals surface area (Å²) in [6.07, 6.45) is 0.360. The van der Waals surface area contributed by atoms with E-state index in [0.29, 0.717) is 28.9 Å². The second-order valence-corrected chi connectivity index (χ2v) is 11.6. The lowest BCUT2D eigenvalue weighted by atomic mass is 9.99. The number of rotatable bonds is 7. The van der Waals surface area contributed by atoms with Gasteiger partial charge in [0.1, 0.15) is 0 Å². The summed E-state index contributed by atoms with van der Waals surface area (Å²) in [5.74, 6) is -0.0449. The Balaban J connectivity index is 1.78. The van der Waals surface area contributed by atoms with Crippen LogP contribution in [0.4, 0.5) is 5.69 Å². The van der Waals surface area contributed by atoms with Crippen LogP contribution in [0, 0.1) is 6.92 Å². The molecule has 1 heterocycles. The van der Waals surface area contributed by atoms with Gasteiger partial charge in [-0.3, -0.25) is 4.72 Å². The van der Waals surface area contributed by atoms with E-state index in [1.807, 2.05) is 30.3 Å². The fourth-order valence-corrected chi connectivity index (χ4v) is 6.06. The van der Waals surface area contributed by atoms with E-state index < -0.39 is 26.1 Å². The van der Waals surface area contributed by atoms with Crippen molar-refractivity contribution in [2.45, 2.75) is 31.2 Å². The van der Waals surface area contributed by atoms with E-state index in [2.05, 4.69) is 9.82 Å². The summed E-state index contributed by atoms with van der Waals surface area (Å²) in [5.41, 5.74) is 3.11. The minimum atomic E-state index is -3.92. The molecule has 3 aromatic rings. The summed E-state index contributed by atoms with van der Waals surface area (Å²) in [4.78, 5) is 0.209. The van der Waals surface area contributed by atoms with Gasteiger partial charge in [0.25, 0.3) is 10.0 Å². The Bertz CT molecular complexity index is 1400. The van der Waals surface area contributed by atoms with Crippen LogP contribution in [-0.4, -0.2) is 32.7 Å². The molecule has 172 valence electrons. The average molecular weight is 484 g/mol. The summed E-state index contributed by atoms with van der Waals surface area (Å²) in [5, 5.41) is 4.55. The van der Waals surface area contributed by atoms with Crippen molar-refractivity contribution >= 4 is 31.4 Å². The highest BCUT2D eigenvalue weighted by atomic mass is 32.2. The molecule has 0 unspecified atom stereocenters. The van der Waals surface area contributed by atoms with Gasteiger partial charge >= 0.3 is 0 Å². The van der Waals surface area contributed by atoms with Crippen LogP contribution < -0.4 is 4.72 Å². The zero-order valence-corrected chi connectivity index (χ0v) is 20.0. The van der Waals surface area contributed by atoms with Crippen molar-refractivity contribution in [3.05, 3.63) is 95.6 Å². The largest absolute Gasteiger partial charge is 0.284 e. The van der Waals surface area contributed by atoms with Crippen LogP contribution in [0.2, 0.25) is 0 Å². The SMILES string of the molecule is CCS(=O)(=O)Nc1cccc(C2=NN(S(=O)(=O)c3ccccc3C)[C@H](c3ccccc3)C2)c1. The molecule has 3 aromatic carbocycles. The van der Waals surface area contributed by atoms with Gasteiger partial charge in [-0.15, -0.1) is 0 Å². The normalized spacial score (nSPS) is 16.5. The zero-order chi connectivity index (χ0) is 23.6. The summed E-state index contributed by atoms with van der Waals surface area (Å²) in [7, 11) is -7.35. The van der Waals surface area contributed by atoms with Crippen molar-refractivity contribution in [1.82, 2.24) is 4.41 Å². The van der Waals surface area contributed by atoms with Gasteiger partial charge < -0.3 is 0 Å². The molecule has 9 heteroatoms. The molecule has 0 saturated carbocycles. The van der Waals surface area contributed by atoms with Gasteiger partial charge in [-0.25, -0.2) is 8.42 Å². The summed E-state index contributed by atoms with van der Waals surface area (Å²) in [6, 6.07) is 22.6. The van der Waals surface area contributed by atoms with E-state index in [4.69, 9.17) is 0 Å². The van der Waals surface area contributed by atoms with Crippen LogP contribution in [0.15, 0.2) is 88.9 Å². The number of hydrogen-bond acceptors (Lipinski definition) is 5. The third-order valence-electron chi connectivity index (χ3n) is 5.52. The Hall–Kier alpha value is -3.17. The lowest BCUT2D eigenvalue weighted by Gasteiger charge is -2.24. The minimum absolute atomic E-state index is 0.0449. The molecular formula is C24H25N3O4S2. The van der Waals surface area contributed by atoms with Crippen molar-refractivity contribution in [1.29, 1.82) is 0 Å². The number of nitrogens with zero attached hydrogens (tertiary/aromatic N) is 2. The van der Waals surface area contributed by atoms with Gasteiger partial charge in [0, 0.05) is 12.1 Å². The number of benzene rings is 3. The Labute approximate surface area is 194 Å². The number of aryl methyl sites for hydroxylation is 1. The Morgan fingerprint density at radius 1 is 0.939 bits per heavy atom. The number of sulfonamides is 2. The van der Waals surface area contributed by atoms with Crippen molar-refractivity contribution in [2.24, 2.45) is 5.10 Å². The fourth-order valence-electron chi connectivity index (χ4n) is 3.77. The van der Waals surface area contributed by atoms with E-state index in [0.717, 1.165) is 5.56 Å². The van der Waals surface area contributed by atoms with Crippen LogP contribution in [0.25, 0.3) is 0 Å². The molecule has 0 aliphatic carbocycles. The molecule has 1 N–H and O–H groups in total. The summed E-state index contributed by atoms with van der Waals surface area (Å²) >= 11 is 0. The smallest absolute Gasteiger partial charge is 0.279 e. The Morgan fingerprint density at radius 3 is 2.33 bits per heavy atom. The third-order valence-corrected chi connectivity index (χ3v) is 8.67. The van der Waals surface area contributed by atoms with Gasteiger partial charge in [-0.1, -0.05) is 60.7 Å². The van der Waals surface area contributed by atoms with E-state index in [1.54, 1.807) is 62.4 Å². The molecule has 1 aliphatic rings. The van der Waals surface area contributed by atoms with E-state index in [1.165, 1.54) is 4.41 Å². The molecule has 0 radical (unpaired) electrons. The predicted octanol–water partition coefficient (Wildman–Crippen LogP) is 4.30. The monoisotopic (exact) mass is 483 g/mol. The first kappa shape index (κ1) is 23.0. The maximum atomic E-state index is 13.6. The number of nitrogens with one attached hydrogen (secondary N) is 1. The predicted molar refractivity (Wildman–Crippen MR) is 130 cm³/mol. The number of hydrogen-bond donors (Lipinski definition) is 1. The highest BCUT2D eigenvalue weighted by Gasteiger charge is 2.38. The molecule has 0 saturated heterocycles. The average Bonchev–Trinajstić information content (AvgIpc) is 3.26. The molecule has 1 aliphatic heterocycles. The van der Waals surface area contributed by atoms with Gasteiger partial charge in [0.05, 0.1) is 22.4 Å². The Morgan fingerprint density at radius 2 is 1.64 bits per heavy atom. The lowest BCUT2D eigenvalue weighted by molar-refractivity contribution is 0.371. The van der Waals surface area contributed by atoms with Crippen molar-refractivity contribution in [2.75, 3.05) is 10.5 Å². The maximum Gasteiger partial charge on any atom is 0.279 e. The molecular weight excluding hydrogens is 458 g/mol. The number of anilines is 1. The van der Waals surface area contributed by atoms with E-state index >= 15 is 0 Å². The standard InChI is InChI=1S/C24H25N3O4S2/c1-3-32(28,29)26-21-14-9-13-20(16-21)22-17-23(19-11-5-4-6-12-19)27(25-22)33(30,31)24-15-8-7-10-18(24)2/h4-16,23,26H,3,17H2,1-2H3/t23-/m0/s1. The van der Waals surface area contributed by atoms with E-state index in [9.17, 15) is 16.8 Å². The van der Waals surface area contributed by atoms with Crippen LogP contribution >= 0.6 is 0 Å². The van der Waals surface area contributed by atoms with Gasteiger partial charge in [-0.05, 0) is 48.7 Å². The molecule has 0 spiro atoms. The van der Waals surface area contributed by atoms with Crippen molar-refractivity contribution in [3.8, 4) is 0 Å². The molecule has 0 bridgehead atoms. The van der Waals surface area contributed by atoms with Crippen LogP contribution in [0.1, 0.15) is 36.1 Å². The second-order valence-electron chi connectivity index (χ2n) is 7.81. The molecule has 0 fully saturated rings. The molecule has 0 amide bonds. The third kappa shape index (κ3) is 4.79. The lowest BCUT2D eigenvalue weighted by Crippen LogP contribution is -2.27. The Kier molecular flexibility index (Phi) is 6.27. The van der Waals surface area contributed by atoms with Crippen LogP contribution in [-0.2, 0) is 20.0 Å². The summed E-state index contributed by atoms with van der Waals surface area (Å²) in [6.45, 7) is 3.32. The first-order chi connectivity index (χ1) is 15.7. The molecule has 33 heavy (non-hydrogen) atoms. The van der Waals surface area contributed by atoms with E-state index in [-0.39, 0.29) is 10.6 Å². The van der Waals surface area contributed by atoms with Crippen LogP contribution in [0.5, 0.6) is 0 Å². The quantitative estimate of drug-likeness (QED) is 0.542. The highest BCUT2D eigenvalue weighted by molar-refractivity contribution is 7.92. The molecule has 7 nitrogen and oxygen atoms in total. The zero-order valence-electron chi connectivity index (χ0n) is 18.3. The van der Waals surface area contributed by atoms with Crippen molar-refractivity contribution < 1.29 is 16.8 Å². The van der Waals surface area contributed by atoms with Crippen molar-refractivity contribution in [3.63, 3.8) is 0 Å². The topological polar surface area (TPSA) is 95.9 Å². The maximum absolute atomic E-state index is 13.6. The van der Waals surface area contributed by atoms with Crippen LogP contribution in [0.3, 0.4) is 0 Å². The first-order valence-electron chi connectivity index (χ1n) is 10.5. The second kappa shape index (κ2) is 8.99. The minimum Gasteiger partial charge on any atom is -0.284 e. The van der Waals surface area contributed by atoms with Gasteiger partial charge in [0.2, 0.25) is 10.0 Å². The molecule has 0 aromatic heterocycles. The highest BCUT2D eigenvalue weighted by Crippen LogP contribution is 2.38. The molecule has 4 rings (SSSR count). The van der Waals surface area contributed by atoms with Gasteiger partial charge in [-0.2, -0.15) is 17.9 Å².